The highest BCUT2D eigenvalue weighted by molar-refractivity contribution is 5.88. The maximum absolute atomic E-state index is 12.5. The number of carbonyl (C=O) groups excluding carboxylic acids is 2. The third kappa shape index (κ3) is 12.0. The molecule has 1 aliphatic carbocycles. The number of benzene rings is 3. The van der Waals surface area contributed by atoms with Gasteiger partial charge in [0.15, 0.2) is 0 Å². The number of carbonyl (C=O) groups is 2. The predicted molar refractivity (Wildman–Crippen MR) is 192 cm³/mol. The number of hydrogen-bond acceptors (Lipinski definition) is 8. The molecule has 280 valence electrons. The lowest BCUT2D eigenvalue weighted by Gasteiger charge is -2.29. The number of aryl methyl sites for hydroxylation is 1. The molecule has 0 spiro atoms. The highest BCUT2D eigenvalue weighted by Gasteiger charge is 2.27. The minimum Gasteiger partial charge on any atom is -0.457 e. The summed E-state index contributed by atoms with van der Waals surface area (Å²) in [6.45, 7) is 6.95. The summed E-state index contributed by atoms with van der Waals surface area (Å²) >= 11 is 0. The maximum atomic E-state index is 12.5. The molecular weight excluding hydrogens is 677 g/mol. The summed E-state index contributed by atoms with van der Waals surface area (Å²) in [6, 6.07) is 19.8. The van der Waals surface area contributed by atoms with Crippen molar-refractivity contribution in [2.24, 2.45) is 5.92 Å². The number of aliphatic hydroxyl groups excluding tert-OH is 2. The lowest BCUT2D eigenvalue weighted by molar-refractivity contribution is -0.146. The van der Waals surface area contributed by atoms with Crippen molar-refractivity contribution in [2.45, 2.75) is 76.8 Å². The monoisotopic (exact) mass is 724 g/mol. The molecule has 1 aliphatic rings. The summed E-state index contributed by atoms with van der Waals surface area (Å²) in [6.07, 6.45) is 1.92. The number of unbranched alkanes of at least 4 members (excludes halogenated alkanes) is 1. The zero-order valence-corrected chi connectivity index (χ0v) is 29.5. The van der Waals surface area contributed by atoms with Crippen LogP contribution in [0.15, 0.2) is 85.0 Å². The van der Waals surface area contributed by atoms with Crippen molar-refractivity contribution in [3.05, 3.63) is 96.1 Å². The Morgan fingerprint density at radius 3 is 1.83 bits per heavy atom. The van der Waals surface area contributed by atoms with E-state index in [9.17, 15) is 22.8 Å². The van der Waals surface area contributed by atoms with Gasteiger partial charge >= 0.3 is 18.1 Å². The number of esters is 2. The summed E-state index contributed by atoms with van der Waals surface area (Å²) in [5.74, 6) is -0.0388. The van der Waals surface area contributed by atoms with Crippen LogP contribution >= 0.6 is 0 Å². The van der Waals surface area contributed by atoms with E-state index in [0.717, 1.165) is 66.3 Å². The second-order valence-electron chi connectivity index (χ2n) is 13.0. The van der Waals surface area contributed by atoms with Gasteiger partial charge in [-0.3, -0.25) is 0 Å². The van der Waals surface area contributed by atoms with Crippen LogP contribution in [0.1, 0.15) is 75.3 Å². The van der Waals surface area contributed by atoms with E-state index in [4.69, 9.17) is 29.2 Å². The molecule has 1 fully saturated rings. The lowest BCUT2D eigenvalue weighted by Crippen LogP contribution is -2.14. The number of aliphatic hydroxyl groups is 2. The van der Waals surface area contributed by atoms with Crippen LogP contribution in [0.3, 0.4) is 0 Å². The molecule has 4 rings (SSSR count). The summed E-state index contributed by atoms with van der Waals surface area (Å²) < 4.78 is 58.8. The van der Waals surface area contributed by atoms with Crippen molar-refractivity contribution in [3.63, 3.8) is 0 Å². The van der Waals surface area contributed by atoms with Crippen molar-refractivity contribution in [1.29, 1.82) is 0 Å². The molecule has 3 aromatic carbocycles. The van der Waals surface area contributed by atoms with Gasteiger partial charge in [0.25, 0.3) is 0 Å². The van der Waals surface area contributed by atoms with Gasteiger partial charge in [0, 0.05) is 12.5 Å². The fraction of sp³-hybridized carbons (Fsp3) is 0.415. The second kappa shape index (κ2) is 19.3. The smallest absolute Gasteiger partial charge is 0.389 e. The Morgan fingerprint density at radius 2 is 1.31 bits per heavy atom. The molecule has 0 aromatic heterocycles. The van der Waals surface area contributed by atoms with Gasteiger partial charge in [-0.15, -0.1) is 0 Å². The van der Waals surface area contributed by atoms with Gasteiger partial charge in [-0.1, -0.05) is 75.4 Å². The van der Waals surface area contributed by atoms with E-state index in [2.05, 4.69) is 56.5 Å². The molecule has 52 heavy (non-hydrogen) atoms. The molecule has 8 nitrogen and oxygen atoms in total. The van der Waals surface area contributed by atoms with Gasteiger partial charge in [0.05, 0.1) is 24.4 Å². The van der Waals surface area contributed by atoms with E-state index in [-0.39, 0.29) is 17.6 Å². The quantitative estimate of drug-likeness (QED) is 0.0580. The van der Waals surface area contributed by atoms with E-state index in [1.807, 2.05) is 6.07 Å². The number of halogens is 3. The molecule has 2 N–H and O–H groups in total. The Bertz CT molecular complexity index is 1620. The molecule has 0 amide bonds. The van der Waals surface area contributed by atoms with Gasteiger partial charge in [0.2, 0.25) is 13.6 Å². The molecule has 0 unspecified atom stereocenters. The maximum Gasteiger partial charge on any atom is 0.389 e. The average Bonchev–Trinajstić information content (AvgIpc) is 3.15. The van der Waals surface area contributed by atoms with Crippen molar-refractivity contribution >= 4 is 11.9 Å². The van der Waals surface area contributed by atoms with Gasteiger partial charge in [-0.25, -0.2) is 9.59 Å². The van der Waals surface area contributed by atoms with Crippen LogP contribution in [-0.2, 0) is 25.5 Å². The highest BCUT2D eigenvalue weighted by atomic mass is 19.4. The molecule has 0 aliphatic heterocycles. The van der Waals surface area contributed by atoms with Crippen molar-refractivity contribution < 1.29 is 51.9 Å². The zero-order valence-electron chi connectivity index (χ0n) is 29.5. The summed E-state index contributed by atoms with van der Waals surface area (Å²) in [7, 11) is 0. The molecular formula is C41H47F3O8. The molecule has 11 heteroatoms. The normalized spacial score (nSPS) is 15.8. The van der Waals surface area contributed by atoms with Crippen LogP contribution < -0.4 is 9.47 Å². The first-order valence-electron chi connectivity index (χ1n) is 17.5. The first kappa shape index (κ1) is 40.2. The Balaban J connectivity index is 1.45. The van der Waals surface area contributed by atoms with Gasteiger partial charge in [-0.05, 0) is 95.9 Å². The van der Waals surface area contributed by atoms with E-state index >= 15 is 0 Å². The van der Waals surface area contributed by atoms with Gasteiger partial charge < -0.3 is 29.2 Å². The second-order valence-corrected chi connectivity index (χ2v) is 13.0. The summed E-state index contributed by atoms with van der Waals surface area (Å²) in [5.41, 5.74) is 5.93. The Hall–Kier alpha value is -4.61. The van der Waals surface area contributed by atoms with Crippen molar-refractivity contribution in [3.8, 4) is 33.8 Å². The number of hydrogen-bond donors (Lipinski definition) is 2. The van der Waals surface area contributed by atoms with Crippen LogP contribution in [0.4, 0.5) is 13.2 Å². The molecule has 3 aromatic rings. The summed E-state index contributed by atoms with van der Waals surface area (Å²) in [5, 5.41) is 18.2. The van der Waals surface area contributed by atoms with Gasteiger partial charge in [0.1, 0.15) is 11.5 Å². The largest absolute Gasteiger partial charge is 0.457 e. The molecule has 0 heterocycles. The van der Waals surface area contributed by atoms with Crippen molar-refractivity contribution in [2.75, 3.05) is 26.8 Å². The molecule has 0 saturated heterocycles. The lowest BCUT2D eigenvalue weighted by atomic mass is 9.77. The highest BCUT2D eigenvalue weighted by Crippen LogP contribution is 2.39. The topological polar surface area (TPSA) is 112 Å². The molecule has 0 atom stereocenters. The number of rotatable bonds is 18. The minimum atomic E-state index is -4.07. The van der Waals surface area contributed by atoms with Crippen LogP contribution in [0.2, 0.25) is 0 Å². The number of ether oxygens (including phenoxy) is 4. The molecule has 1 saturated carbocycles. The average molecular weight is 725 g/mol. The molecule has 0 bridgehead atoms. The third-order valence-electron chi connectivity index (χ3n) is 9.35. The van der Waals surface area contributed by atoms with E-state index < -0.39 is 51.3 Å². The Morgan fingerprint density at radius 1 is 0.750 bits per heavy atom. The standard InChI is InChI=1S/C41H47F3O8/c1-4-30-19-34(35-20-36(49-25-51-39(47)27(2)23-45)22-37(21-35)50-26-52-40(48)28(3)24-46)16-17-38(30)33-14-12-32(13-15-33)31-10-8-29(9-11-31)7-5-6-18-41(42,43)44/h12-17,19-22,29,31,45-46H,2-11,18,23-26H2,1H3. The van der Waals surface area contributed by atoms with Crippen LogP contribution in [-0.4, -0.2) is 55.1 Å². The van der Waals surface area contributed by atoms with Crippen LogP contribution in [0, 0.1) is 5.92 Å². The van der Waals surface area contributed by atoms with E-state index in [0.29, 0.717) is 29.8 Å². The summed E-state index contributed by atoms with van der Waals surface area (Å²) in [4.78, 5) is 23.8. The SMILES string of the molecule is C=C(CO)C(=O)OCOc1cc(OCOC(=O)C(=C)CO)cc(-c2ccc(-c3ccc(C4CCC(CCCCC(F)(F)F)CC4)cc3)c(CC)c2)c1. The predicted octanol–water partition coefficient (Wildman–Crippen LogP) is 8.84. The van der Waals surface area contributed by atoms with Gasteiger partial charge in [-0.2, -0.15) is 13.2 Å². The zero-order chi connectivity index (χ0) is 37.7. The van der Waals surface area contributed by atoms with Crippen LogP contribution in [0.5, 0.6) is 11.5 Å². The van der Waals surface area contributed by atoms with Crippen molar-refractivity contribution in [1.82, 2.24) is 0 Å². The Kier molecular flexibility index (Phi) is 14.9. The third-order valence-corrected chi connectivity index (χ3v) is 9.35. The Labute approximate surface area is 302 Å². The molecule has 0 radical (unpaired) electrons. The fourth-order valence-corrected chi connectivity index (χ4v) is 6.37. The van der Waals surface area contributed by atoms with E-state index in [1.165, 1.54) is 11.6 Å². The number of alkyl halides is 3. The van der Waals surface area contributed by atoms with Crippen LogP contribution in [0.25, 0.3) is 22.3 Å². The first-order valence-corrected chi connectivity index (χ1v) is 17.5. The fourth-order valence-electron chi connectivity index (χ4n) is 6.37. The van der Waals surface area contributed by atoms with E-state index in [1.54, 1.807) is 12.1 Å². The first-order chi connectivity index (χ1) is 24.9. The minimum absolute atomic E-state index is 0.115.